The van der Waals surface area contributed by atoms with Crippen molar-refractivity contribution in [3.8, 4) is 0 Å². The van der Waals surface area contributed by atoms with Crippen LogP contribution >= 0.6 is 39.1 Å². The summed E-state index contributed by atoms with van der Waals surface area (Å²) in [7, 11) is 0. The van der Waals surface area contributed by atoms with E-state index in [1.165, 1.54) is 0 Å². The minimum Gasteiger partial charge on any atom is -0.217 e. The number of para-hydroxylation sites is 1. The van der Waals surface area contributed by atoms with Crippen molar-refractivity contribution in [3.63, 3.8) is 0 Å². The third-order valence-corrected chi connectivity index (χ3v) is 2.94. The second-order valence-corrected chi connectivity index (χ2v) is 3.99. The van der Waals surface area contributed by atoms with Gasteiger partial charge in [-0.15, -0.1) is 0 Å². The lowest BCUT2D eigenvalue weighted by Gasteiger charge is -2.03. The van der Waals surface area contributed by atoms with Crippen LogP contribution in [0.15, 0.2) is 18.2 Å². The van der Waals surface area contributed by atoms with Crippen LogP contribution in [0.2, 0.25) is 10.4 Å². The van der Waals surface area contributed by atoms with Gasteiger partial charge < -0.3 is 0 Å². The van der Waals surface area contributed by atoms with E-state index in [-0.39, 0.29) is 5.28 Å². The summed E-state index contributed by atoms with van der Waals surface area (Å²) in [5.74, 6) is 0. The summed E-state index contributed by atoms with van der Waals surface area (Å²) in [6.45, 7) is 0. The minimum atomic E-state index is 0.177. The van der Waals surface area contributed by atoms with Crippen LogP contribution in [0, 0.1) is 0 Å². The maximum Gasteiger partial charge on any atom is 0.224 e. The molecule has 0 saturated heterocycles. The van der Waals surface area contributed by atoms with Crippen LogP contribution in [-0.4, -0.2) is 9.97 Å². The fourth-order valence-corrected chi connectivity index (χ4v) is 2.15. The van der Waals surface area contributed by atoms with E-state index in [4.69, 9.17) is 23.2 Å². The Hall–Kier alpha value is -0.380. The zero-order valence-electron chi connectivity index (χ0n) is 6.97. The molecule has 2 aromatic rings. The highest BCUT2D eigenvalue weighted by atomic mass is 79.9. The number of alkyl halides is 1. The number of hydrogen-bond acceptors (Lipinski definition) is 2. The summed E-state index contributed by atoms with van der Waals surface area (Å²) < 4.78 is 0. The van der Waals surface area contributed by atoms with Crippen LogP contribution in [0.3, 0.4) is 0 Å². The molecule has 0 N–H and O–H groups in total. The molecule has 0 spiro atoms. The van der Waals surface area contributed by atoms with E-state index in [1.807, 2.05) is 18.2 Å². The molecule has 0 aliphatic carbocycles. The van der Waals surface area contributed by atoms with Gasteiger partial charge >= 0.3 is 0 Å². The number of fused-ring (bicyclic) bond motifs is 1. The van der Waals surface area contributed by atoms with Gasteiger partial charge in [0.05, 0.1) is 5.52 Å². The molecular formula is C9H5BrCl2N2. The van der Waals surface area contributed by atoms with E-state index in [1.54, 1.807) is 0 Å². The Bertz CT molecular complexity index is 487. The summed E-state index contributed by atoms with van der Waals surface area (Å²) in [4.78, 5) is 8.03. The standard InChI is InChI=1S/C9H5BrCl2N2/c10-4-5-2-1-3-6-7(5)13-9(12)14-8(6)11/h1-3H,4H2. The largest absolute Gasteiger partial charge is 0.224 e. The molecule has 0 atom stereocenters. The Balaban J connectivity index is 2.86. The van der Waals surface area contributed by atoms with Crippen LogP contribution in [0.5, 0.6) is 0 Å². The van der Waals surface area contributed by atoms with Crippen molar-refractivity contribution in [2.75, 3.05) is 0 Å². The molecule has 0 amide bonds. The molecular weight excluding hydrogens is 287 g/mol. The molecule has 0 aliphatic heterocycles. The molecule has 1 aromatic carbocycles. The van der Waals surface area contributed by atoms with Gasteiger partial charge in [-0.2, -0.15) is 0 Å². The average Bonchev–Trinajstić information content (AvgIpc) is 2.17. The summed E-state index contributed by atoms with van der Waals surface area (Å²) >= 11 is 15.1. The van der Waals surface area contributed by atoms with Crippen LogP contribution in [-0.2, 0) is 5.33 Å². The summed E-state index contributed by atoms with van der Waals surface area (Å²) in [6.07, 6.45) is 0. The van der Waals surface area contributed by atoms with E-state index in [0.717, 1.165) is 16.5 Å². The molecule has 0 fully saturated rings. The molecule has 2 rings (SSSR count). The highest BCUT2D eigenvalue weighted by Gasteiger charge is 2.07. The first kappa shape index (κ1) is 10.1. The molecule has 5 heteroatoms. The lowest BCUT2D eigenvalue weighted by atomic mass is 10.1. The number of rotatable bonds is 1. The monoisotopic (exact) mass is 290 g/mol. The van der Waals surface area contributed by atoms with Gasteiger partial charge in [-0.1, -0.05) is 39.7 Å². The highest BCUT2D eigenvalue weighted by molar-refractivity contribution is 9.08. The Morgan fingerprint density at radius 3 is 2.71 bits per heavy atom. The predicted molar refractivity (Wildman–Crippen MR) is 62.2 cm³/mol. The second kappa shape index (κ2) is 4.01. The molecule has 0 radical (unpaired) electrons. The number of nitrogens with zero attached hydrogens (tertiary/aromatic N) is 2. The third-order valence-electron chi connectivity index (χ3n) is 1.88. The van der Waals surface area contributed by atoms with Gasteiger partial charge in [-0.25, -0.2) is 9.97 Å². The topological polar surface area (TPSA) is 25.8 Å². The normalized spacial score (nSPS) is 10.8. The molecule has 0 aliphatic rings. The first-order chi connectivity index (χ1) is 6.72. The molecule has 1 heterocycles. The van der Waals surface area contributed by atoms with Crippen molar-refractivity contribution in [3.05, 3.63) is 34.2 Å². The maximum absolute atomic E-state index is 5.94. The van der Waals surface area contributed by atoms with Gasteiger partial charge in [0.1, 0.15) is 5.15 Å². The quantitative estimate of drug-likeness (QED) is 0.453. The van der Waals surface area contributed by atoms with Crippen molar-refractivity contribution >= 4 is 50.0 Å². The van der Waals surface area contributed by atoms with E-state index in [2.05, 4.69) is 25.9 Å². The third kappa shape index (κ3) is 1.72. The van der Waals surface area contributed by atoms with Crippen LogP contribution < -0.4 is 0 Å². The van der Waals surface area contributed by atoms with Gasteiger partial charge in [0.15, 0.2) is 0 Å². The van der Waals surface area contributed by atoms with Crippen molar-refractivity contribution < 1.29 is 0 Å². The van der Waals surface area contributed by atoms with E-state index >= 15 is 0 Å². The number of aromatic nitrogens is 2. The molecule has 2 nitrogen and oxygen atoms in total. The predicted octanol–water partition coefficient (Wildman–Crippen LogP) is 3.83. The zero-order chi connectivity index (χ0) is 10.1. The van der Waals surface area contributed by atoms with Gasteiger partial charge in [0.2, 0.25) is 5.28 Å². The summed E-state index contributed by atoms with van der Waals surface area (Å²) in [5, 5.41) is 2.11. The Morgan fingerprint density at radius 1 is 1.21 bits per heavy atom. The Kier molecular flexibility index (Phi) is 2.91. The first-order valence-electron chi connectivity index (χ1n) is 3.89. The summed E-state index contributed by atoms with van der Waals surface area (Å²) in [5.41, 5.74) is 1.85. The van der Waals surface area contributed by atoms with E-state index < -0.39 is 0 Å². The summed E-state index contributed by atoms with van der Waals surface area (Å²) in [6, 6.07) is 5.76. The molecule has 72 valence electrons. The second-order valence-electron chi connectivity index (χ2n) is 2.73. The van der Waals surface area contributed by atoms with Gasteiger partial charge in [0.25, 0.3) is 0 Å². The highest BCUT2D eigenvalue weighted by Crippen LogP contribution is 2.25. The maximum atomic E-state index is 5.94. The SMILES string of the molecule is Clc1nc(Cl)c2cccc(CBr)c2n1. The van der Waals surface area contributed by atoms with Crippen molar-refractivity contribution in [1.82, 2.24) is 9.97 Å². The number of benzene rings is 1. The van der Waals surface area contributed by atoms with Crippen molar-refractivity contribution in [1.29, 1.82) is 0 Å². The van der Waals surface area contributed by atoms with Crippen molar-refractivity contribution in [2.24, 2.45) is 0 Å². The molecule has 1 aromatic heterocycles. The van der Waals surface area contributed by atoms with E-state index in [9.17, 15) is 0 Å². The van der Waals surface area contributed by atoms with Gasteiger partial charge in [0, 0.05) is 10.7 Å². The average molecular weight is 292 g/mol. The zero-order valence-corrected chi connectivity index (χ0v) is 10.1. The molecule has 0 saturated carbocycles. The van der Waals surface area contributed by atoms with Crippen LogP contribution in [0.1, 0.15) is 5.56 Å². The fourth-order valence-electron chi connectivity index (χ4n) is 1.26. The number of halogens is 3. The first-order valence-corrected chi connectivity index (χ1v) is 5.76. The minimum absolute atomic E-state index is 0.177. The van der Waals surface area contributed by atoms with Gasteiger partial charge in [-0.3, -0.25) is 0 Å². The van der Waals surface area contributed by atoms with Crippen molar-refractivity contribution in [2.45, 2.75) is 5.33 Å². The Labute approximate surface area is 99.4 Å². The smallest absolute Gasteiger partial charge is 0.217 e. The number of hydrogen-bond donors (Lipinski definition) is 0. The fraction of sp³-hybridized carbons (Fsp3) is 0.111. The van der Waals surface area contributed by atoms with Crippen LogP contribution in [0.25, 0.3) is 10.9 Å². The molecule has 14 heavy (non-hydrogen) atoms. The lowest BCUT2D eigenvalue weighted by Crippen LogP contribution is -1.90. The van der Waals surface area contributed by atoms with E-state index in [0.29, 0.717) is 10.5 Å². The molecule has 0 bridgehead atoms. The van der Waals surface area contributed by atoms with Gasteiger partial charge in [-0.05, 0) is 23.2 Å². The van der Waals surface area contributed by atoms with Crippen LogP contribution in [0.4, 0.5) is 0 Å². The Morgan fingerprint density at radius 2 is 2.00 bits per heavy atom. The molecule has 0 unspecified atom stereocenters. The lowest BCUT2D eigenvalue weighted by molar-refractivity contribution is 1.21.